The highest BCUT2D eigenvalue weighted by molar-refractivity contribution is 5.94. The summed E-state index contributed by atoms with van der Waals surface area (Å²) in [4.78, 5) is 12.2. The van der Waals surface area contributed by atoms with Gasteiger partial charge in [0.15, 0.2) is 0 Å². The molecule has 1 aromatic carbocycles. The molecule has 2 nitrogen and oxygen atoms in total. The molecule has 2 heteroatoms. The number of amides is 1. The lowest BCUT2D eigenvalue weighted by atomic mass is 9.86. The number of carbonyl (C=O) groups is 1. The van der Waals surface area contributed by atoms with E-state index in [-0.39, 0.29) is 5.91 Å². The van der Waals surface area contributed by atoms with Gasteiger partial charge in [0.1, 0.15) is 0 Å². The van der Waals surface area contributed by atoms with Crippen LogP contribution in [0, 0.1) is 5.92 Å². The van der Waals surface area contributed by atoms with Crippen LogP contribution in [0.2, 0.25) is 0 Å². The van der Waals surface area contributed by atoms with Gasteiger partial charge in [-0.15, -0.1) is 0 Å². The van der Waals surface area contributed by atoms with Crippen LogP contribution in [0.1, 0.15) is 68.3 Å². The van der Waals surface area contributed by atoms with Crippen LogP contribution in [-0.2, 0) is 0 Å². The Morgan fingerprint density at radius 3 is 2.37 bits per heavy atom. The minimum atomic E-state index is 0.0778. The number of rotatable bonds is 3. The average Bonchev–Trinajstić information content (AvgIpc) is 2.41. The maximum atomic E-state index is 12.2. The van der Waals surface area contributed by atoms with Crippen molar-refractivity contribution in [2.45, 2.75) is 58.4 Å². The van der Waals surface area contributed by atoms with Crippen molar-refractivity contribution in [2.75, 3.05) is 0 Å². The first-order chi connectivity index (χ1) is 9.08. The smallest absolute Gasteiger partial charge is 0.251 e. The molecule has 0 bridgehead atoms. The molecule has 1 aromatic rings. The molecule has 0 aromatic heterocycles. The number of hydrogen-bond acceptors (Lipinski definition) is 1. The van der Waals surface area contributed by atoms with E-state index in [1.54, 1.807) is 0 Å². The van der Waals surface area contributed by atoms with Gasteiger partial charge in [-0.25, -0.2) is 0 Å². The van der Waals surface area contributed by atoms with Gasteiger partial charge in [0.05, 0.1) is 0 Å². The molecule has 0 saturated heterocycles. The first kappa shape index (κ1) is 14.1. The third kappa shape index (κ3) is 3.59. The van der Waals surface area contributed by atoms with Gasteiger partial charge in [-0.05, 0) is 42.4 Å². The number of carbonyl (C=O) groups excluding carboxylic acids is 1. The van der Waals surface area contributed by atoms with Crippen LogP contribution >= 0.6 is 0 Å². The predicted octanol–water partition coefficient (Wildman–Crippen LogP) is 4.12. The lowest BCUT2D eigenvalue weighted by Crippen LogP contribution is -2.41. The van der Waals surface area contributed by atoms with E-state index in [9.17, 15) is 4.79 Å². The molecule has 2 atom stereocenters. The fourth-order valence-electron chi connectivity index (χ4n) is 2.80. The van der Waals surface area contributed by atoms with E-state index in [0.29, 0.717) is 17.9 Å². The summed E-state index contributed by atoms with van der Waals surface area (Å²) in [7, 11) is 0. The SMILES string of the molecule is CC(C)c1ccc(C(=O)N[C@@H]2CCCC[C@H]2C)cc1. The molecule has 1 aliphatic rings. The first-order valence-electron chi connectivity index (χ1n) is 7.48. The van der Waals surface area contributed by atoms with Crippen LogP contribution < -0.4 is 5.32 Å². The topological polar surface area (TPSA) is 29.1 Å². The highest BCUT2D eigenvalue weighted by atomic mass is 16.1. The highest BCUT2D eigenvalue weighted by Crippen LogP contribution is 2.24. The van der Waals surface area contributed by atoms with Gasteiger partial charge in [-0.3, -0.25) is 4.79 Å². The standard InChI is InChI=1S/C17H25NO/c1-12(2)14-8-10-15(11-9-14)17(19)18-16-7-5-4-6-13(16)3/h8-13,16H,4-7H2,1-3H3,(H,18,19)/t13-,16-/m1/s1. The second-order valence-electron chi connectivity index (χ2n) is 6.12. The van der Waals surface area contributed by atoms with E-state index in [0.717, 1.165) is 12.0 Å². The van der Waals surface area contributed by atoms with E-state index in [2.05, 4.69) is 38.2 Å². The monoisotopic (exact) mass is 259 g/mol. The van der Waals surface area contributed by atoms with Gasteiger partial charge >= 0.3 is 0 Å². The van der Waals surface area contributed by atoms with Crippen molar-refractivity contribution in [3.63, 3.8) is 0 Å². The Bertz CT molecular complexity index is 421. The maximum Gasteiger partial charge on any atom is 0.251 e. The summed E-state index contributed by atoms with van der Waals surface area (Å²) in [6, 6.07) is 8.36. The molecule has 1 N–H and O–H groups in total. The fourth-order valence-corrected chi connectivity index (χ4v) is 2.80. The zero-order valence-corrected chi connectivity index (χ0v) is 12.3. The number of benzene rings is 1. The highest BCUT2D eigenvalue weighted by Gasteiger charge is 2.23. The third-order valence-electron chi connectivity index (χ3n) is 4.27. The van der Waals surface area contributed by atoms with Gasteiger partial charge in [-0.1, -0.05) is 45.7 Å². The second-order valence-corrected chi connectivity index (χ2v) is 6.12. The van der Waals surface area contributed by atoms with Gasteiger partial charge in [0.2, 0.25) is 0 Å². The maximum absolute atomic E-state index is 12.2. The summed E-state index contributed by atoms with van der Waals surface area (Å²) in [5, 5.41) is 3.19. The van der Waals surface area contributed by atoms with E-state index < -0.39 is 0 Å². The van der Waals surface area contributed by atoms with Crippen LogP contribution in [0.3, 0.4) is 0 Å². The van der Waals surface area contributed by atoms with Crippen LogP contribution in [0.15, 0.2) is 24.3 Å². The van der Waals surface area contributed by atoms with Crippen molar-refractivity contribution in [2.24, 2.45) is 5.92 Å². The molecule has 0 radical (unpaired) electrons. The summed E-state index contributed by atoms with van der Waals surface area (Å²) >= 11 is 0. The van der Waals surface area contributed by atoms with Crippen molar-refractivity contribution in [1.82, 2.24) is 5.32 Å². The van der Waals surface area contributed by atoms with Crippen molar-refractivity contribution in [3.8, 4) is 0 Å². The molecule has 0 heterocycles. The Hall–Kier alpha value is -1.31. The number of nitrogens with one attached hydrogen (secondary N) is 1. The Morgan fingerprint density at radius 2 is 1.79 bits per heavy atom. The van der Waals surface area contributed by atoms with Crippen LogP contribution in [-0.4, -0.2) is 11.9 Å². The quantitative estimate of drug-likeness (QED) is 0.869. The zero-order chi connectivity index (χ0) is 13.8. The molecule has 19 heavy (non-hydrogen) atoms. The molecule has 0 spiro atoms. The Labute approximate surface area is 116 Å². The minimum Gasteiger partial charge on any atom is -0.349 e. The minimum absolute atomic E-state index is 0.0778. The molecule has 0 unspecified atom stereocenters. The first-order valence-corrected chi connectivity index (χ1v) is 7.48. The fraction of sp³-hybridized carbons (Fsp3) is 0.588. The average molecular weight is 259 g/mol. The Balaban J connectivity index is 1.99. The third-order valence-corrected chi connectivity index (χ3v) is 4.27. The molecule has 1 amide bonds. The summed E-state index contributed by atoms with van der Waals surface area (Å²) in [6.07, 6.45) is 4.90. The van der Waals surface area contributed by atoms with Crippen LogP contribution in [0.25, 0.3) is 0 Å². The lowest BCUT2D eigenvalue weighted by molar-refractivity contribution is 0.0910. The Kier molecular flexibility index (Phi) is 4.62. The molecule has 2 rings (SSSR count). The molecular weight excluding hydrogens is 234 g/mol. The summed E-state index contributed by atoms with van der Waals surface area (Å²) < 4.78 is 0. The lowest BCUT2D eigenvalue weighted by Gasteiger charge is -2.29. The summed E-state index contributed by atoms with van der Waals surface area (Å²) in [6.45, 7) is 6.57. The van der Waals surface area contributed by atoms with Crippen molar-refractivity contribution in [3.05, 3.63) is 35.4 Å². The Morgan fingerprint density at radius 1 is 1.16 bits per heavy atom. The van der Waals surface area contributed by atoms with E-state index in [1.165, 1.54) is 24.8 Å². The molecular formula is C17H25NO. The molecule has 1 fully saturated rings. The normalized spacial score (nSPS) is 23.4. The van der Waals surface area contributed by atoms with Crippen LogP contribution in [0.5, 0.6) is 0 Å². The zero-order valence-electron chi connectivity index (χ0n) is 12.3. The largest absolute Gasteiger partial charge is 0.349 e. The summed E-state index contributed by atoms with van der Waals surface area (Å²) in [5.74, 6) is 1.19. The van der Waals surface area contributed by atoms with Crippen molar-refractivity contribution < 1.29 is 4.79 Å². The van der Waals surface area contributed by atoms with Crippen LogP contribution in [0.4, 0.5) is 0 Å². The molecule has 1 saturated carbocycles. The summed E-state index contributed by atoms with van der Waals surface area (Å²) in [5.41, 5.74) is 2.06. The van der Waals surface area contributed by atoms with E-state index in [1.807, 2.05) is 12.1 Å². The van der Waals surface area contributed by atoms with Crippen molar-refractivity contribution >= 4 is 5.91 Å². The second kappa shape index (κ2) is 6.23. The van der Waals surface area contributed by atoms with Gasteiger partial charge < -0.3 is 5.32 Å². The van der Waals surface area contributed by atoms with Crippen molar-refractivity contribution in [1.29, 1.82) is 0 Å². The molecule has 0 aliphatic heterocycles. The van der Waals surface area contributed by atoms with Gasteiger partial charge in [-0.2, -0.15) is 0 Å². The van der Waals surface area contributed by atoms with Gasteiger partial charge in [0.25, 0.3) is 5.91 Å². The molecule has 1 aliphatic carbocycles. The number of hydrogen-bond donors (Lipinski definition) is 1. The van der Waals surface area contributed by atoms with Gasteiger partial charge in [0, 0.05) is 11.6 Å². The van der Waals surface area contributed by atoms with E-state index >= 15 is 0 Å². The molecule has 104 valence electrons. The van der Waals surface area contributed by atoms with E-state index in [4.69, 9.17) is 0 Å². The predicted molar refractivity (Wildman–Crippen MR) is 79.4 cm³/mol.